The van der Waals surface area contributed by atoms with Gasteiger partial charge in [-0.3, -0.25) is 4.79 Å². The van der Waals surface area contributed by atoms with Crippen LogP contribution < -0.4 is 5.32 Å². The molecule has 0 aliphatic rings. The van der Waals surface area contributed by atoms with Crippen LogP contribution in [0.1, 0.15) is 5.56 Å². The Balaban J connectivity index is 2.26. The van der Waals surface area contributed by atoms with Gasteiger partial charge in [-0.2, -0.15) is 0 Å². The summed E-state index contributed by atoms with van der Waals surface area (Å²) in [5, 5.41) is 3.54. The lowest BCUT2D eigenvalue weighted by Crippen LogP contribution is -2.24. The van der Waals surface area contributed by atoms with Crippen LogP contribution in [0.15, 0.2) is 36.9 Å². The zero-order valence-corrected chi connectivity index (χ0v) is 9.67. The average molecular weight is 240 g/mol. The predicted octanol–water partition coefficient (Wildman–Crippen LogP) is 2.16. The first-order valence-corrected chi connectivity index (χ1v) is 5.32. The number of nitrogens with one attached hydrogen (secondary N) is 1. The molecule has 0 saturated carbocycles. The van der Waals surface area contributed by atoms with Crippen LogP contribution in [0.3, 0.4) is 0 Å². The highest BCUT2D eigenvalue weighted by atomic mass is 35.5. The monoisotopic (exact) mass is 239 g/mol. The number of ether oxygens (including phenoxy) is 1. The summed E-state index contributed by atoms with van der Waals surface area (Å²) in [5.41, 5.74) is 0.918. The van der Waals surface area contributed by atoms with Gasteiger partial charge in [-0.1, -0.05) is 29.8 Å². The van der Waals surface area contributed by atoms with Gasteiger partial charge in [0.2, 0.25) is 0 Å². The zero-order chi connectivity index (χ0) is 11.8. The molecule has 16 heavy (non-hydrogen) atoms. The first kappa shape index (κ1) is 12.7. The van der Waals surface area contributed by atoms with Crippen molar-refractivity contribution >= 4 is 17.6 Å². The number of carbonyl (C=O) groups excluding carboxylic acids is 1. The summed E-state index contributed by atoms with van der Waals surface area (Å²) in [6.45, 7) is 4.59. The van der Waals surface area contributed by atoms with Crippen LogP contribution in [0.2, 0.25) is 5.02 Å². The summed E-state index contributed by atoms with van der Waals surface area (Å²) in [6.07, 6.45) is 1.69. The van der Waals surface area contributed by atoms with E-state index in [0.29, 0.717) is 11.6 Å². The summed E-state index contributed by atoms with van der Waals surface area (Å²) >= 11 is 5.73. The lowest BCUT2D eigenvalue weighted by Gasteiger charge is -2.05. The van der Waals surface area contributed by atoms with Crippen LogP contribution in [-0.4, -0.2) is 19.1 Å². The van der Waals surface area contributed by atoms with E-state index < -0.39 is 0 Å². The fourth-order valence-corrected chi connectivity index (χ4v) is 1.20. The third-order valence-corrected chi connectivity index (χ3v) is 2.12. The second-order valence-electron chi connectivity index (χ2n) is 3.21. The van der Waals surface area contributed by atoms with E-state index in [1.54, 1.807) is 18.2 Å². The Morgan fingerprint density at radius 2 is 2.12 bits per heavy atom. The maximum absolute atomic E-state index is 11.2. The van der Waals surface area contributed by atoms with Gasteiger partial charge in [0.25, 0.3) is 0 Å². The zero-order valence-electron chi connectivity index (χ0n) is 8.91. The minimum absolute atomic E-state index is 0.194. The van der Waals surface area contributed by atoms with Crippen molar-refractivity contribution in [2.75, 3.05) is 13.1 Å². The molecular formula is C12H14ClNO2. The summed E-state index contributed by atoms with van der Waals surface area (Å²) < 4.78 is 5.04. The van der Waals surface area contributed by atoms with Crippen molar-refractivity contribution in [1.82, 2.24) is 5.32 Å². The van der Waals surface area contributed by atoms with E-state index >= 15 is 0 Å². The van der Waals surface area contributed by atoms with Gasteiger partial charge >= 0.3 is 5.97 Å². The number of benzene rings is 1. The van der Waals surface area contributed by atoms with Crippen LogP contribution in [0.25, 0.3) is 0 Å². The fourth-order valence-electron chi connectivity index (χ4n) is 1.07. The van der Waals surface area contributed by atoms with Crippen molar-refractivity contribution in [3.63, 3.8) is 0 Å². The molecule has 0 spiro atoms. The molecule has 0 amide bonds. The molecule has 0 atom stereocenters. The second kappa shape index (κ2) is 7.04. The number of esters is 1. The Hall–Kier alpha value is -1.32. The molecule has 4 heteroatoms. The van der Waals surface area contributed by atoms with Gasteiger partial charge in [0, 0.05) is 11.6 Å². The molecule has 0 radical (unpaired) electrons. The van der Waals surface area contributed by atoms with E-state index in [-0.39, 0.29) is 19.1 Å². The van der Waals surface area contributed by atoms with Crippen LogP contribution in [-0.2, 0) is 16.1 Å². The molecule has 0 aliphatic carbocycles. The molecule has 1 rings (SSSR count). The van der Waals surface area contributed by atoms with E-state index in [9.17, 15) is 4.79 Å². The first-order chi connectivity index (χ1) is 7.72. The van der Waals surface area contributed by atoms with Gasteiger partial charge in [-0.05, 0) is 17.7 Å². The maximum Gasteiger partial charge on any atom is 0.320 e. The molecule has 0 aromatic heterocycles. The Morgan fingerprint density at radius 1 is 1.44 bits per heavy atom. The van der Waals surface area contributed by atoms with Gasteiger partial charge in [-0.25, -0.2) is 0 Å². The minimum Gasteiger partial charge on any atom is -0.460 e. The molecule has 0 saturated heterocycles. The van der Waals surface area contributed by atoms with Gasteiger partial charge in [0.15, 0.2) is 0 Å². The molecule has 0 aliphatic heterocycles. The van der Waals surface area contributed by atoms with Crippen molar-refractivity contribution in [2.24, 2.45) is 0 Å². The maximum atomic E-state index is 11.2. The van der Waals surface area contributed by atoms with E-state index in [0.717, 1.165) is 5.56 Å². The summed E-state index contributed by atoms with van der Waals surface area (Å²) in [7, 11) is 0. The van der Waals surface area contributed by atoms with Crippen LogP contribution in [0, 0.1) is 0 Å². The molecule has 0 bridgehead atoms. The Bertz CT molecular complexity index is 349. The van der Waals surface area contributed by atoms with Gasteiger partial charge in [-0.15, -0.1) is 6.58 Å². The number of halogens is 1. The van der Waals surface area contributed by atoms with E-state index in [2.05, 4.69) is 11.9 Å². The molecule has 3 nitrogen and oxygen atoms in total. The molecule has 86 valence electrons. The predicted molar refractivity (Wildman–Crippen MR) is 64.3 cm³/mol. The van der Waals surface area contributed by atoms with Gasteiger partial charge < -0.3 is 10.1 Å². The number of carbonyl (C=O) groups is 1. The highest BCUT2D eigenvalue weighted by molar-refractivity contribution is 6.30. The first-order valence-electron chi connectivity index (χ1n) is 4.94. The van der Waals surface area contributed by atoms with E-state index in [4.69, 9.17) is 16.3 Å². The molecule has 1 aromatic rings. The lowest BCUT2D eigenvalue weighted by molar-refractivity contribution is -0.143. The number of hydrogen-bond acceptors (Lipinski definition) is 3. The Morgan fingerprint density at radius 3 is 2.75 bits per heavy atom. The number of hydrogen-bond donors (Lipinski definition) is 1. The molecule has 1 aromatic carbocycles. The van der Waals surface area contributed by atoms with Crippen molar-refractivity contribution in [3.05, 3.63) is 47.5 Å². The Kier molecular flexibility index (Phi) is 5.61. The SMILES string of the molecule is C=CCNCC(=O)OCc1ccc(Cl)cc1. The minimum atomic E-state index is -0.281. The van der Waals surface area contributed by atoms with Gasteiger partial charge in [0.05, 0.1) is 6.54 Å². The largest absolute Gasteiger partial charge is 0.460 e. The normalized spacial score (nSPS) is 9.81. The van der Waals surface area contributed by atoms with Crippen molar-refractivity contribution in [2.45, 2.75) is 6.61 Å². The lowest BCUT2D eigenvalue weighted by atomic mass is 10.2. The Labute approximate surface area is 100 Å². The molecule has 0 heterocycles. The van der Waals surface area contributed by atoms with Crippen LogP contribution in [0.4, 0.5) is 0 Å². The van der Waals surface area contributed by atoms with Gasteiger partial charge in [0.1, 0.15) is 6.61 Å². The summed E-state index contributed by atoms with van der Waals surface area (Å²) in [4.78, 5) is 11.2. The standard InChI is InChI=1S/C12H14ClNO2/c1-2-7-14-8-12(15)16-9-10-3-5-11(13)6-4-10/h2-6,14H,1,7-9H2. The van der Waals surface area contributed by atoms with E-state index in [1.807, 2.05) is 12.1 Å². The molecule has 0 unspecified atom stereocenters. The fraction of sp³-hybridized carbons (Fsp3) is 0.250. The van der Waals surface area contributed by atoms with Crippen molar-refractivity contribution in [3.8, 4) is 0 Å². The third-order valence-electron chi connectivity index (χ3n) is 1.87. The average Bonchev–Trinajstić information content (AvgIpc) is 2.29. The van der Waals surface area contributed by atoms with E-state index in [1.165, 1.54) is 0 Å². The summed E-state index contributed by atoms with van der Waals surface area (Å²) in [6, 6.07) is 7.18. The third kappa shape index (κ3) is 4.96. The number of rotatable bonds is 6. The molecule has 0 fully saturated rings. The molecule has 1 N–H and O–H groups in total. The second-order valence-corrected chi connectivity index (χ2v) is 3.64. The highest BCUT2D eigenvalue weighted by Crippen LogP contribution is 2.10. The smallest absolute Gasteiger partial charge is 0.320 e. The van der Waals surface area contributed by atoms with Crippen LogP contribution in [0.5, 0.6) is 0 Å². The molecular weight excluding hydrogens is 226 g/mol. The van der Waals surface area contributed by atoms with Crippen LogP contribution >= 0.6 is 11.6 Å². The summed E-state index contributed by atoms with van der Waals surface area (Å²) in [5.74, 6) is -0.281. The highest BCUT2D eigenvalue weighted by Gasteiger charge is 2.01. The van der Waals surface area contributed by atoms with Crippen molar-refractivity contribution in [1.29, 1.82) is 0 Å². The quantitative estimate of drug-likeness (QED) is 0.470. The van der Waals surface area contributed by atoms with Crippen molar-refractivity contribution < 1.29 is 9.53 Å². The topological polar surface area (TPSA) is 38.3 Å².